The molecule has 0 aliphatic carbocycles. The summed E-state index contributed by atoms with van der Waals surface area (Å²) in [6, 6.07) is 9.58. The number of rotatable bonds is 3. The molecule has 0 spiro atoms. The Balaban J connectivity index is 2.09. The quantitative estimate of drug-likeness (QED) is 0.863. The Labute approximate surface area is 118 Å². The van der Waals surface area contributed by atoms with Crippen LogP contribution in [0.3, 0.4) is 0 Å². The highest BCUT2D eigenvalue weighted by Crippen LogP contribution is 2.31. The van der Waals surface area contributed by atoms with Gasteiger partial charge in [0.1, 0.15) is 5.75 Å². The lowest BCUT2D eigenvalue weighted by atomic mass is 10.1. The second-order valence-corrected chi connectivity index (χ2v) is 4.63. The largest absolute Gasteiger partial charge is 0.506 e. The third kappa shape index (κ3) is 3.57. The van der Waals surface area contributed by atoms with Gasteiger partial charge in [-0.15, -0.1) is 0 Å². The molecule has 0 saturated heterocycles. The molecule has 0 radical (unpaired) electrons. The van der Waals surface area contributed by atoms with Crippen LogP contribution in [0.4, 0.5) is 18.9 Å². The van der Waals surface area contributed by atoms with E-state index in [4.69, 9.17) is 11.6 Å². The molecule has 20 heavy (non-hydrogen) atoms. The average Bonchev–Trinajstić information content (AvgIpc) is 2.39. The zero-order valence-corrected chi connectivity index (χ0v) is 11.0. The maximum atomic E-state index is 12.6. The fraction of sp³-hybridized carbons (Fsp3) is 0.143. The summed E-state index contributed by atoms with van der Waals surface area (Å²) in [6.45, 7) is 0.307. The van der Waals surface area contributed by atoms with Gasteiger partial charge < -0.3 is 10.4 Å². The maximum Gasteiger partial charge on any atom is 0.416 e. The van der Waals surface area contributed by atoms with E-state index >= 15 is 0 Å². The van der Waals surface area contributed by atoms with Gasteiger partial charge >= 0.3 is 6.18 Å². The van der Waals surface area contributed by atoms with Crippen LogP contribution in [0, 0.1) is 0 Å². The predicted octanol–water partition coefficient (Wildman–Crippen LogP) is 4.68. The number of alkyl halides is 3. The van der Waals surface area contributed by atoms with Crippen molar-refractivity contribution in [3.05, 3.63) is 58.6 Å². The van der Waals surface area contributed by atoms with Crippen LogP contribution in [0.2, 0.25) is 5.02 Å². The summed E-state index contributed by atoms with van der Waals surface area (Å²) in [6.07, 6.45) is -4.36. The van der Waals surface area contributed by atoms with Crippen molar-refractivity contribution in [2.75, 3.05) is 5.32 Å². The zero-order chi connectivity index (χ0) is 14.8. The van der Waals surface area contributed by atoms with Crippen molar-refractivity contribution in [2.24, 2.45) is 0 Å². The number of hydrogen-bond acceptors (Lipinski definition) is 2. The van der Waals surface area contributed by atoms with E-state index in [1.165, 1.54) is 12.1 Å². The fourth-order valence-corrected chi connectivity index (χ4v) is 1.87. The number of halogens is 4. The highest BCUT2D eigenvalue weighted by molar-refractivity contribution is 6.32. The molecule has 2 N–H and O–H groups in total. The number of anilines is 1. The monoisotopic (exact) mass is 301 g/mol. The van der Waals surface area contributed by atoms with Gasteiger partial charge in [-0.2, -0.15) is 13.2 Å². The number of nitrogens with one attached hydrogen (secondary N) is 1. The number of phenolic OH excluding ortho intramolecular Hbond substituents is 1. The summed E-state index contributed by atoms with van der Waals surface area (Å²) >= 11 is 5.75. The maximum absolute atomic E-state index is 12.6. The summed E-state index contributed by atoms with van der Waals surface area (Å²) in [5.41, 5.74) is 0.417. The van der Waals surface area contributed by atoms with E-state index in [9.17, 15) is 18.3 Å². The van der Waals surface area contributed by atoms with Gasteiger partial charge in [0.2, 0.25) is 0 Å². The van der Waals surface area contributed by atoms with Crippen LogP contribution < -0.4 is 5.32 Å². The van der Waals surface area contributed by atoms with Gasteiger partial charge in [-0.05, 0) is 35.9 Å². The Morgan fingerprint density at radius 3 is 2.50 bits per heavy atom. The van der Waals surface area contributed by atoms with Crippen LogP contribution >= 0.6 is 11.6 Å². The first-order valence-corrected chi connectivity index (χ1v) is 6.12. The molecule has 2 rings (SSSR count). The molecule has 0 heterocycles. The SMILES string of the molecule is Oc1ccc(CNc2cccc(C(F)(F)F)c2)cc1Cl. The van der Waals surface area contributed by atoms with Crippen LogP contribution in [0.5, 0.6) is 5.75 Å². The normalized spacial score (nSPS) is 11.4. The van der Waals surface area contributed by atoms with E-state index in [-0.39, 0.29) is 10.8 Å². The van der Waals surface area contributed by atoms with Crippen LogP contribution in [-0.4, -0.2) is 5.11 Å². The van der Waals surface area contributed by atoms with E-state index in [0.29, 0.717) is 12.2 Å². The lowest BCUT2D eigenvalue weighted by Crippen LogP contribution is -2.06. The van der Waals surface area contributed by atoms with E-state index in [1.807, 2.05) is 0 Å². The molecule has 0 saturated carbocycles. The molecule has 0 aliphatic rings. The Bertz CT molecular complexity index is 614. The van der Waals surface area contributed by atoms with Crippen molar-refractivity contribution < 1.29 is 18.3 Å². The van der Waals surface area contributed by atoms with E-state index < -0.39 is 11.7 Å². The second kappa shape index (κ2) is 5.63. The summed E-state index contributed by atoms with van der Waals surface area (Å²) in [5, 5.41) is 12.4. The number of benzene rings is 2. The van der Waals surface area contributed by atoms with E-state index in [1.54, 1.807) is 18.2 Å². The third-order valence-electron chi connectivity index (χ3n) is 2.70. The smallest absolute Gasteiger partial charge is 0.416 e. The first kappa shape index (κ1) is 14.5. The van der Waals surface area contributed by atoms with Crippen molar-refractivity contribution in [1.82, 2.24) is 0 Å². The highest BCUT2D eigenvalue weighted by atomic mass is 35.5. The molecule has 2 aromatic rings. The molecule has 0 aliphatic heterocycles. The summed E-state index contributed by atoms with van der Waals surface area (Å²) in [5.74, 6) is -0.0329. The molecular weight excluding hydrogens is 291 g/mol. The standard InChI is InChI=1S/C14H11ClF3NO/c15-12-6-9(4-5-13(12)20)8-19-11-3-1-2-10(7-11)14(16,17)18/h1-7,19-20H,8H2. The van der Waals surface area contributed by atoms with E-state index in [2.05, 4.69) is 5.32 Å². The molecule has 0 fully saturated rings. The van der Waals surface area contributed by atoms with Crippen LogP contribution in [0.15, 0.2) is 42.5 Å². The van der Waals surface area contributed by atoms with Crippen LogP contribution in [-0.2, 0) is 12.7 Å². The van der Waals surface area contributed by atoms with Gasteiger partial charge in [0.15, 0.2) is 0 Å². The fourth-order valence-electron chi connectivity index (χ4n) is 1.67. The molecule has 106 valence electrons. The molecule has 2 aromatic carbocycles. The molecule has 0 aromatic heterocycles. The molecule has 0 bridgehead atoms. The van der Waals surface area contributed by atoms with Crippen molar-refractivity contribution in [3.63, 3.8) is 0 Å². The predicted molar refractivity (Wildman–Crippen MR) is 71.9 cm³/mol. The molecule has 6 heteroatoms. The summed E-state index contributed by atoms with van der Waals surface area (Å²) in [4.78, 5) is 0. The minimum absolute atomic E-state index is 0.0329. The second-order valence-electron chi connectivity index (χ2n) is 4.22. The van der Waals surface area contributed by atoms with E-state index in [0.717, 1.165) is 17.7 Å². The van der Waals surface area contributed by atoms with Crippen LogP contribution in [0.1, 0.15) is 11.1 Å². The van der Waals surface area contributed by atoms with Crippen molar-refractivity contribution in [2.45, 2.75) is 12.7 Å². The molecule has 0 amide bonds. The first-order valence-electron chi connectivity index (χ1n) is 5.75. The van der Waals surface area contributed by atoms with Gasteiger partial charge in [0.25, 0.3) is 0 Å². The topological polar surface area (TPSA) is 32.3 Å². The van der Waals surface area contributed by atoms with Gasteiger partial charge in [0.05, 0.1) is 10.6 Å². The van der Waals surface area contributed by atoms with Crippen molar-refractivity contribution in [1.29, 1.82) is 0 Å². The zero-order valence-electron chi connectivity index (χ0n) is 10.2. The molecule has 0 unspecified atom stereocenters. The third-order valence-corrected chi connectivity index (χ3v) is 3.00. The van der Waals surface area contributed by atoms with Gasteiger partial charge in [-0.3, -0.25) is 0 Å². The first-order chi connectivity index (χ1) is 9.36. The van der Waals surface area contributed by atoms with Crippen molar-refractivity contribution >= 4 is 17.3 Å². The summed E-state index contributed by atoms with van der Waals surface area (Å²) < 4.78 is 37.7. The summed E-state index contributed by atoms with van der Waals surface area (Å²) in [7, 11) is 0. The molecule has 2 nitrogen and oxygen atoms in total. The highest BCUT2D eigenvalue weighted by Gasteiger charge is 2.30. The van der Waals surface area contributed by atoms with Gasteiger partial charge in [-0.25, -0.2) is 0 Å². The van der Waals surface area contributed by atoms with Crippen LogP contribution in [0.25, 0.3) is 0 Å². The van der Waals surface area contributed by atoms with Gasteiger partial charge in [0, 0.05) is 12.2 Å². The number of aromatic hydroxyl groups is 1. The Morgan fingerprint density at radius 1 is 1.10 bits per heavy atom. The minimum Gasteiger partial charge on any atom is -0.506 e. The number of hydrogen-bond donors (Lipinski definition) is 2. The minimum atomic E-state index is -4.36. The Kier molecular flexibility index (Phi) is 4.09. The molecular formula is C14H11ClF3NO. The lowest BCUT2D eigenvalue weighted by Gasteiger charge is -2.11. The Hall–Kier alpha value is -1.88. The number of phenols is 1. The van der Waals surface area contributed by atoms with Gasteiger partial charge in [-0.1, -0.05) is 23.7 Å². The Morgan fingerprint density at radius 2 is 1.85 bits per heavy atom. The average molecular weight is 302 g/mol. The lowest BCUT2D eigenvalue weighted by molar-refractivity contribution is -0.137. The van der Waals surface area contributed by atoms with Crippen molar-refractivity contribution in [3.8, 4) is 5.75 Å². The molecule has 0 atom stereocenters.